The van der Waals surface area contributed by atoms with Gasteiger partial charge in [-0.1, -0.05) is 53.0 Å². The zero-order valence-corrected chi connectivity index (χ0v) is 19.1. The molecule has 0 aliphatic carbocycles. The summed E-state index contributed by atoms with van der Waals surface area (Å²) in [5.74, 6) is -0.102. The van der Waals surface area contributed by atoms with Gasteiger partial charge >= 0.3 is 0 Å². The maximum atomic E-state index is 13.4. The van der Waals surface area contributed by atoms with Gasteiger partial charge in [-0.05, 0) is 36.2 Å². The monoisotopic (exact) mass is 485 g/mol. The lowest BCUT2D eigenvalue weighted by Gasteiger charge is -2.27. The zero-order chi connectivity index (χ0) is 22.2. The molecule has 1 aliphatic heterocycles. The first-order valence-electron chi connectivity index (χ1n) is 10.1. The number of nitrogens with one attached hydrogen (secondary N) is 1. The molecule has 162 valence electrons. The summed E-state index contributed by atoms with van der Waals surface area (Å²) in [6.07, 6.45) is 6.18. The van der Waals surface area contributed by atoms with Crippen LogP contribution < -0.4 is 0 Å². The number of aromatic amines is 1. The third-order valence-corrected chi connectivity index (χ3v) is 6.43. The summed E-state index contributed by atoms with van der Waals surface area (Å²) in [7, 11) is 0. The van der Waals surface area contributed by atoms with Crippen molar-refractivity contribution in [3.8, 4) is 11.3 Å². The van der Waals surface area contributed by atoms with Crippen molar-refractivity contribution in [1.82, 2.24) is 24.6 Å². The van der Waals surface area contributed by atoms with Gasteiger partial charge in [0.25, 0.3) is 5.91 Å². The third-order valence-electron chi connectivity index (χ3n) is 5.61. The van der Waals surface area contributed by atoms with Crippen molar-refractivity contribution in [1.29, 1.82) is 0 Å². The van der Waals surface area contributed by atoms with Gasteiger partial charge in [0.15, 0.2) is 0 Å². The molecule has 9 heteroatoms. The third kappa shape index (κ3) is 3.79. The number of carbonyl (C=O) groups is 1. The summed E-state index contributed by atoms with van der Waals surface area (Å²) in [6, 6.07) is 12.4. The zero-order valence-electron chi connectivity index (χ0n) is 16.8. The number of nitrogens with zero attached hydrogens (tertiary/aromatic N) is 4. The average molecular weight is 487 g/mol. The SMILES string of the molecule is O=C1c2[nH]nc(-c3ccc(Cl)cc3)c2C(c2ccc(Cl)cc2Cl)N1CCCn1ccnc1. The molecule has 1 aliphatic rings. The molecule has 0 fully saturated rings. The Morgan fingerprint density at radius 3 is 2.50 bits per heavy atom. The van der Waals surface area contributed by atoms with E-state index in [1.165, 1.54) is 0 Å². The summed E-state index contributed by atoms with van der Waals surface area (Å²) < 4.78 is 1.99. The van der Waals surface area contributed by atoms with Gasteiger partial charge in [-0.2, -0.15) is 5.10 Å². The van der Waals surface area contributed by atoms with Crippen LogP contribution in [-0.2, 0) is 6.54 Å². The topological polar surface area (TPSA) is 66.8 Å². The molecule has 1 N–H and O–H groups in total. The number of hydrogen-bond donors (Lipinski definition) is 1. The number of benzene rings is 2. The first-order chi connectivity index (χ1) is 15.5. The first-order valence-corrected chi connectivity index (χ1v) is 11.2. The molecule has 0 bridgehead atoms. The molecule has 2 aromatic heterocycles. The van der Waals surface area contributed by atoms with Crippen molar-refractivity contribution in [2.45, 2.75) is 19.0 Å². The molecular formula is C23H18Cl3N5O. The fraction of sp³-hybridized carbons (Fsp3) is 0.174. The largest absolute Gasteiger partial charge is 0.337 e. The van der Waals surface area contributed by atoms with E-state index >= 15 is 0 Å². The summed E-state index contributed by atoms with van der Waals surface area (Å²) in [5, 5.41) is 9.11. The lowest BCUT2D eigenvalue weighted by atomic mass is 9.96. The van der Waals surface area contributed by atoms with Gasteiger partial charge in [0.1, 0.15) is 5.69 Å². The van der Waals surface area contributed by atoms with Crippen molar-refractivity contribution in [2.75, 3.05) is 6.54 Å². The molecule has 1 atom stereocenters. The molecule has 1 amide bonds. The highest BCUT2D eigenvalue weighted by Crippen LogP contribution is 2.45. The standard InChI is InChI=1S/C23H18Cl3N5O/c24-15-4-2-14(3-5-15)20-19-21(29-28-20)23(32)31(10-1-9-30-11-8-27-13-30)22(19)17-7-6-16(25)12-18(17)26/h2-8,11-13,22H,1,9-10H2,(H,28,29). The molecule has 0 spiro atoms. The van der Waals surface area contributed by atoms with Crippen molar-refractivity contribution in [3.05, 3.63) is 93.1 Å². The molecule has 2 aromatic carbocycles. The average Bonchev–Trinajstić information content (AvgIpc) is 3.49. The van der Waals surface area contributed by atoms with Crippen LogP contribution in [-0.4, -0.2) is 37.1 Å². The number of aromatic nitrogens is 4. The van der Waals surface area contributed by atoms with Crippen LogP contribution in [0, 0.1) is 0 Å². The van der Waals surface area contributed by atoms with Crippen molar-refractivity contribution < 1.29 is 4.79 Å². The van der Waals surface area contributed by atoms with E-state index in [2.05, 4.69) is 15.2 Å². The fourth-order valence-electron chi connectivity index (χ4n) is 4.14. The van der Waals surface area contributed by atoms with Crippen LogP contribution in [0.3, 0.4) is 0 Å². The molecule has 6 nitrogen and oxygen atoms in total. The number of carbonyl (C=O) groups excluding carboxylic acids is 1. The minimum Gasteiger partial charge on any atom is -0.337 e. The van der Waals surface area contributed by atoms with Crippen molar-refractivity contribution in [2.24, 2.45) is 0 Å². The van der Waals surface area contributed by atoms with Crippen LogP contribution in [0.2, 0.25) is 15.1 Å². The normalized spacial score (nSPS) is 15.4. The number of aryl methyl sites for hydroxylation is 1. The molecule has 0 radical (unpaired) electrons. The molecule has 0 saturated carbocycles. The smallest absolute Gasteiger partial charge is 0.273 e. The molecule has 32 heavy (non-hydrogen) atoms. The van der Waals surface area contributed by atoms with E-state index in [1.54, 1.807) is 24.7 Å². The number of hydrogen-bond acceptors (Lipinski definition) is 3. The number of fused-ring (bicyclic) bond motifs is 1. The number of imidazole rings is 1. The van der Waals surface area contributed by atoms with E-state index in [-0.39, 0.29) is 11.9 Å². The number of H-pyrrole nitrogens is 1. The lowest BCUT2D eigenvalue weighted by molar-refractivity contribution is 0.0739. The molecule has 5 rings (SSSR count). The highest BCUT2D eigenvalue weighted by atomic mass is 35.5. The van der Waals surface area contributed by atoms with Crippen molar-refractivity contribution in [3.63, 3.8) is 0 Å². The van der Waals surface area contributed by atoms with Crippen molar-refractivity contribution >= 4 is 40.7 Å². The first kappa shape index (κ1) is 21.1. The van der Waals surface area contributed by atoms with Gasteiger partial charge < -0.3 is 9.47 Å². The summed E-state index contributed by atoms with van der Waals surface area (Å²) in [4.78, 5) is 19.3. The minimum absolute atomic E-state index is 0.102. The Morgan fingerprint density at radius 2 is 1.78 bits per heavy atom. The minimum atomic E-state index is -0.380. The summed E-state index contributed by atoms with van der Waals surface area (Å²) in [6.45, 7) is 1.30. The summed E-state index contributed by atoms with van der Waals surface area (Å²) >= 11 is 18.8. The second kappa shape index (κ2) is 8.62. The second-order valence-electron chi connectivity index (χ2n) is 7.59. The Kier molecular flexibility index (Phi) is 5.67. The van der Waals surface area contributed by atoms with Gasteiger partial charge in [0.2, 0.25) is 0 Å². The van der Waals surface area contributed by atoms with E-state index in [9.17, 15) is 4.79 Å². The van der Waals surface area contributed by atoms with Crippen LogP contribution in [0.5, 0.6) is 0 Å². The van der Waals surface area contributed by atoms with Crippen LogP contribution in [0.15, 0.2) is 61.2 Å². The van der Waals surface area contributed by atoms with E-state index < -0.39 is 0 Å². The van der Waals surface area contributed by atoms with Crippen LogP contribution in [0.1, 0.15) is 34.1 Å². The quantitative estimate of drug-likeness (QED) is 0.371. The molecule has 0 saturated heterocycles. The van der Waals surface area contributed by atoms with Gasteiger partial charge in [0, 0.05) is 51.7 Å². The Bertz CT molecular complexity index is 1270. The second-order valence-corrected chi connectivity index (χ2v) is 8.87. The predicted octanol–water partition coefficient (Wildman–Crippen LogP) is 5.87. The molecule has 4 aromatic rings. The molecular weight excluding hydrogens is 469 g/mol. The molecule has 3 heterocycles. The number of rotatable bonds is 6. The highest BCUT2D eigenvalue weighted by Gasteiger charge is 2.42. The van der Waals surface area contributed by atoms with E-state index in [4.69, 9.17) is 34.8 Å². The van der Waals surface area contributed by atoms with Crippen LogP contribution >= 0.6 is 34.8 Å². The van der Waals surface area contributed by atoms with E-state index in [0.29, 0.717) is 33.0 Å². The number of halogens is 3. The van der Waals surface area contributed by atoms with E-state index in [0.717, 1.165) is 29.7 Å². The van der Waals surface area contributed by atoms with Gasteiger partial charge in [-0.3, -0.25) is 9.89 Å². The van der Waals surface area contributed by atoms with Gasteiger partial charge in [-0.15, -0.1) is 0 Å². The van der Waals surface area contributed by atoms with Gasteiger partial charge in [-0.25, -0.2) is 4.98 Å². The Labute approximate surface area is 199 Å². The van der Waals surface area contributed by atoms with Crippen LogP contribution in [0.4, 0.5) is 0 Å². The maximum Gasteiger partial charge on any atom is 0.273 e. The maximum absolute atomic E-state index is 13.4. The van der Waals surface area contributed by atoms with Gasteiger partial charge in [0.05, 0.1) is 18.1 Å². The predicted molar refractivity (Wildman–Crippen MR) is 125 cm³/mol. The summed E-state index contributed by atoms with van der Waals surface area (Å²) in [5.41, 5.74) is 3.67. The Balaban J connectivity index is 1.56. The lowest BCUT2D eigenvalue weighted by Crippen LogP contribution is -2.31. The Hall–Kier alpha value is -2.80. The number of amides is 1. The Morgan fingerprint density at radius 1 is 1.00 bits per heavy atom. The van der Waals surface area contributed by atoms with Crippen LogP contribution in [0.25, 0.3) is 11.3 Å². The highest BCUT2D eigenvalue weighted by molar-refractivity contribution is 6.35. The van der Waals surface area contributed by atoms with E-state index in [1.807, 2.05) is 46.0 Å². The molecule has 1 unspecified atom stereocenters. The fourth-order valence-corrected chi connectivity index (χ4v) is 4.78.